The predicted octanol–water partition coefficient (Wildman–Crippen LogP) is 2.49. The number of aromatic carboxylic acids is 1. The van der Waals surface area contributed by atoms with E-state index in [1.54, 1.807) is 42.5 Å². The zero-order valence-electron chi connectivity index (χ0n) is 21.5. The molecule has 5 rings (SSSR count). The van der Waals surface area contributed by atoms with Crippen LogP contribution in [-0.4, -0.2) is 57.7 Å². The number of amides is 2. The van der Waals surface area contributed by atoms with E-state index in [1.165, 1.54) is 55.8 Å². The number of aromatic nitrogens is 2. The third-order valence-electron chi connectivity index (χ3n) is 6.25. The molecule has 0 bridgehead atoms. The maximum Gasteiger partial charge on any atom is 0.337 e. The number of nitrogens with one attached hydrogen (secondary N) is 3. The van der Waals surface area contributed by atoms with Crippen molar-refractivity contribution in [3.05, 3.63) is 119 Å². The minimum atomic E-state index is -1.73. The average molecular weight is 551 g/mol. The molecule has 0 spiro atoms. The molecule has 0 saturated carbocycles. The third kappa shape index (κ3) is 5.47. The summed E-state index contributed by atoms with van der Waals surface area (Å²) in [5.41, 5.74) is 4.09. The van der Waals surface area contributed by atoms with Crippen LogP contribution in [0, 0.1) is 0 Å². The molecule has 12 nitrogen and oxygen atoms in total. The van der Waals surface area contributed by atoms with Gasteiger partial charge >= 0.3 is 11.9 Å². The Hall–Kier alpha value is -5.91. The molecule has 1 aliphatic rings. The molecule has 4 N–H and O–H groups in total. The fourth-order valence-corrected chi connectivity index (χ4v) is 4.26. The number of hydrogen-bond donors (Lipinski definition) is 4. The highest BCUT2D eigenvalue weighted by atomic mass is 16.5. The fraction of sp³-hybridized carbons (Fsp3) is 0.0690. The first kappa shape index (κ1) is 26.7. The molecule has 1 aliphatic heterocycles. The van der Waals surface area contributed by atoms with Gasteiger partial charge in [0, 0.05) is 22.7 Å². The van der Waals surface area contributed by atoms with Gasteiger partial charge in [-0.15, -0.1) is 5.10 Å². The van der Waals surface area contributed by atoms with Gasteiger partial charge in [0.1, 0.15) is 11.4 Å². The number of benzene rings is 3. The Bertz CT molecular complexity index is 1730. The number of carbonyl (C=O) groups excluding carboxylic acids is 3. The van der Waals surface area contributed by atoms with Gasteiger partial charge in [-0.2, -0.15) is 10.2 Å². The number of hydrogen-bond acceptors (Lipinski definition) is 9. The number of methoxy groups -OCH3 is 1. The third-order valence-corrected chi connectivity index (χ3v) is 6.25. The van der Waals surface area contributed by atoms with E-state index in [0.717, 1.165) is 0 Å². The molecule has 3 aromatic carbocycles. The second-order valence-corrected chi connectivity index (χ2v) is 8.85. The minimum Gasteiger partial charge on any atom is -0.478 e. The fourth-order valence-electron chi connectivity index (χ4n) is 4.26. The Morgan fingerprint density at radius 3 is 2.15 bits per heavy atom. The van der Waals surface area contributed by atoms with Crippen LogP contribution in [0.4, 0.5) is 0 Å². The molecular formula is C29H22N6O6. The molecule has 0 aliphatic carbocycles. The second kappa shape index (κ2) is 11.1. The summed E-state index contributed by atoms with van der Waals surface area (Å²) >= 11 is 0. The van der Waals surface area contributed by atoms with Gasteiger partial charge in [0.2, 0.25) is 5.79 Å². The average Bonchev–Trinajstić information content (AvgIpc) is 3.00. The van der Waals surface area contributed by atoms with Crippen molar-refractivity contribution in [1.29, 1.82) is 0 Å². The molecule has 1 aromatic heterocycles. The lowest BCUT2D eigenvalue weighted by molar-refractivity contribution is 0.0598. The summed E-state index contributed by atoms with van der Waals surface area (Å²) in [7, 11) is 1.25. The van der Waals surface area contributed by atoms with E-state index < -0.39 is 29.5 Å². The summed E-state index contributed by atoms with van der Waals surface area (Å²) in [5.74, 6) is -4.77. The standard InChI is InChI=1S/C29H22N6O6/c1-41-28(40)19-12-10-18(11-13-19)25(36)31-29(15-14-23(34-35-29)22-9-4-16-30-33-22)32-26(37)20-7-2-5-17-6-3-8-21(24(17)20)27(38)39/h2-16,35H,1H3,(H,31,36)(H,32,37)(H,38,39). The van der Waals surface area contributed by atoms with E-state index in [4.69, 9.17) is 4.74 Å². The van der Waals surface area contributed by atoms with E-state index in [2.05, 4.69) is 31.4 Å². The van der Waals surface area contributed by atoms with Gasteiger partial charge in [-0.3, -0.25) is 15.0 Å². The smallest absolute Gasteiger partial charge is 0.337 e. The molecule has 1 unspecified atom stereocenters. The molecule has 1 atom stereocenters. The Morgan fingerprint density at radius 2 is 1.54 bits per heavy atom. The predicted molar refractivity (Wildman–Crippen MR) is 147 cm³/mol. The van der Waals surface area contributed by atoms with E-state index >= 15 is 0 Å². The van der Waals surface area contributed by atoms with Crippen molar-refractivity contribution in [3.63, 3.8) is 0 Å². The second-order valence-electron chi connectivity index (χ2n) is 8.85. The number of carbonyl (C=O) groups is 4. The SMILES string of the molecule is COC(=O)c1ccc(C(=O)NC2(NC(=O)c3cccc4cccc(C(=O)O)c34)C=CC(c3cccnn3)=NN2)cc1. The summed E-state index contributed by atoms with van der Waals surface area (Å²) in [6.07, 6.45) is 4.54. The number of esters is 1. The maximum absolute atomic E-state index is 13.7. The first-order valence-electron chi connectivity index (χ1n) is 12.2. The van der Waals surface area contributed by atoms with Crippen LogP contribution in [0.1, 0.15) is 47.1 Å². The molecule has 41 heavy (non-hydrogen) atoms. The van der Waals surface area contributed by atoms with Crippen molar-refractivity contribution in [3.8, 4) is 0 Å². The number of hydrazone groups is 1. The lowest BCUT2D eigenvalue weighted by Gasteiger charge is -2.34. The number of carboxylic acid groups (broad SMARTS) is 1. The van der Waals surface area contributed by atoms with Crippen molar-refractivity contribution < 1.29 is 29.0 Å². The Morgan fingerprint density at radius 1 is 0.854 bits per heavy atom. The minimum absolute atomic E-state index is 0.0489. The van der Waals surface area contributed by atoms with Gasteiger partial charge in [0.25, 0.3) is 11.8 Å². The Kier molecular flexibility index (Phi) is 7.20. The lowest BCUT2D eigenvalue weighted by atomic mass is 9.98. The van der Waals surface area contributed by atoms with Crippen LogP contribution in [0.25, 0.3) is 10.8 Å². The van der Waals surface area contributed by atoms with Gasteiger partial charge in [0.15, 0.2) is 0 Å². The first-order chi connectivity index (χ1) is 19.8. The van der Waals surface area contributed by atoms with Gasteiger partial charge < -0.3 is 20.5 Å². The van der Waals surface area contributed by atoms with Crippen LogP contribution in [0.3, 0.4) is 0 Å². The van der Waals surface area contributed by atoms with E-state index in [9.17, 15) is 24.3 Å². The highest BCUT2D eigenvalue weighted by molar-refractivity contribution is 6.15. The van der Waals surface area contributed by atoms with E-state index in [1.807, 2.05) is 0 Å². The van der Waals surface area contributed by atoms with Crippen molar-refractivity contribution in [2.75, 3.05) is 7.11 Å². The van der Waals surface area contributed by atoms with Crippen LogP contribution >= 0.6 is 0 Å². The monoisotopic (exact) mass is 550 g/mol. The molecule has 0 fully saturated rings. The number of rotatable bonds is 7. The molecule has 204 valence electrons. The molecule has 0 saturated heterocycles. The normalized spacial score (nSPS) is 15.8. The van der Waals surface area contributed by atoms with Crippen molar-refractivity contribution in [2.45, 2.75) is 5.79 Å². The maximum atomic E-state index is 13.7. The van der Waals surface area contributed by atoms with Crippen LogP contribution in [0.15, 0.2) is 96.2 Å². The number of nitrogens with zero attached hydrogens (tertiary/aromatic N) is 3. The number of carboxylic acids is 1. The molecular weight excluding hydrogens is 528 g/mol. The van der Waals surface area contributed by atoms with Gasteiger partial charge in [-0.05, 0) is 66.1 Å². The van der Waals surface area contributed by atoms with Gasteiger partial charge in [-0.1, -0.05) is 24.3 Å². The Balaban J connectivity index is 1.49. The van der Waals surface area contributed by atoms with Crippen LogP contribution < -0.4 is 16.1 Å². The van der Waals surface area contributed by atoms with Crippen LogP contribution in [-0.2, 0) is 4.74 Å². The van der Waals surface area contributed by atoms with Crippen molar-refractivity contribution >= 4 is 40.2 Å². The lowest BCUT2D eigenvalue weighted by Crippen LogP contribution is -2.67. The van der Waals surface area contributed by atoms with Gasteiger partial charge in [0.05, 0.1) is 18.2 Å². The quantitative estimate of drug-likeness (QED) is 0.199. The van der Waals surface area contributed by atoms with Crippen LogP contribution in [0.5, 0.6) is 0 Å². The van der Waals surface area contributed by atoms with E-state index in [-0.39, 0.29) is 27.6 Å². The zero-order chi connectivity index (χ0) is 29.0. The molecule has 2 amide bonds. The summed E-state index contributed by atoms with van der Waals surface area (Å²) in [6, 6.07) is 18.6. The molecule has 4 aromatic rings. The molecule has 12 heteroatoms. The zero-order valence-corrected chi connectivity index (χ0v) is 21.5. The first-order valence-corrected chi connectivity index (χ1v) is 12.2. The van der Waals surface area contributed by atoms with Crippen molar-refractivity contribution in [1.82, 2.24) is 26.3 Å². The van der Waals surface area contributed by atoms with Crippen molar-refractivity contribution in [2.24, 2.45) is 5.10 Å². The van der Waals surface area contributed by atoms with Crippen LogP contribution in [0.2, 0.25) is 0 Å². The Labute approximate surface area is 232 Å². The number of allylic oxidation sites excluding steroid dienone is 1. The largest absolute Gasteiger partial charge is 0.478 e. The summed E-state index contributed by atoms with van der Waals surface area (Å²) in [6.45, 7) is 0. The summed E-state index contributed by atoms with van der Waals surface area (Å²) in [4.78, 5) is 50.7. The van der Waals surface area contributed by atoms with E-state index in [0.29, 0.717) is 16.8 Å². The summed E-state index contributed by atoms with van der Waals surface area (Å²) < 4.78 is 4.69. The molecule has 0 radical (unpaired) electrons. The summed E-state index contributed by atoms with van der Waals surface area (Å²) in [5, 5.41) is 28.1. The number of ether oxygens (including phenoxy) is 1. The van der Waals surface area contributed by atoms with Gasteiger partial charge in [-0.25, -0.2) is 9.59 Å². The highest BCUT2D eigenvalue weighted by Crippen LogP contribution is 2.24. The molecule has 2 heterocycles. The topological polar surface area (TPSA) is 172 Å². The highest BCUT2D eigenvalue weighted by Gasteiger charge is 2.35. The number of fused-ring (bicyclic) bond motifs is 1.